The molecule has 144 valence electrons. The Hall–Kier alpha value is -3.39. The molecule has 1 amide bonds. The first-order chi connectivity index (χ1) is 13.5. The van der Waals surface area contributed by atoms with Crippen molar-refractivity contribution in [3.8, 4) is 5.75 Å². The lowest BCUT2D eigenvalue weighted by Gasteiger charge is -2.12. The van der Waals surface area contributed by atoms with Crippen LogP contribution < -0.4 is 10.1 Å². The van der Waals surface area contributed by atoms with E-state index in [2.05, 4.69) is 20.2 Å². The zero-order valence-corrected chi connectivity index (χ0v) is 15.8. The van der Waals surface area contributed by atoms with E-state index in [0.717, 1.165) is 0 Å². The number of hydrogen-bond acceptors (Lipinski definition) is 7. The number of esters is 1. The molecule has 1 N–H and O–H groups in total. The monoisotopic (exact) mass is 401 g/mol. The summed E-state index contributed by atoms with van der Waals surface area (Å²) in [5, 5.41) is 6.71. The van der Waals surface area contributed by atoms with E-state index in [4.69, 9.17) is 20.9 Å². The molecule has 0 bridgehead atoms. The van der Waals surface area contributed by atoms with E-state index >= 15 is 0 Å². The molecule has 0 saturated heterocycles. The van der Waals surface area contributed by atoms with Crippen molar-refractivity contribution >= 4 is 29.2 Å². The maximum atomic E-state index is 12.7. The van der Waals surface area contributed by atoms with E-state index in [0.29, 0.717) is 17.5 Å². The Kier molecular flexibility index (Phi) is 5.90. The number of nitrogens with zero attached hydrogens (tertiary/aromatic N) is 2. The molecule has 1 aromatic heterocycles. The fourth-order valence-corrected chi connectivity index (χ4v) is 2.54. The van der Waals surface area contributed by atoms with E-state index in [1.807, 2.05) is 0 Å². The zero-order chi connectivity index (χ0) is 20.1. The highest BCUT2D eigenvalue weighted by atomic mass is 35.5. The number of aromatic nitrogens is 2. The second-order valence-corrected chi connectivity index (χ2v) is 6.06. The standard InChI is InChI=1S/C19H16ClN3O5/c1-11-21-17(23-28-11)10-27-16-6-4-3-5-13(16)18(24)22-15-9-12(19(25)26-2)7-8-14(15)20/h3-9H,10H2,1-2H3,(H,22,24). The van der Waals surface area contributed by atoms with Crippen LogP contribution in [0, 0.1) is 6.92 Å². The van der Waals surface area contributed by atoms with Gasteiger partial charge >= 0.3 is 5.97 Å². The van der Waals surface area contributed by atoms with Gasteiger partial charge in [-0.15, -0.1) is 0 Å². The molecule has 0 aliphatic rings. The largest absolute Gasteiger partial charge is 0.485 e. The number of para-hydroxylation sites is 1. The van der Waals surface area contributed by atoms with Crippen molar-refractivity contribution in [3.05, 3.63) is 70.3 Å². The molecule has 0 saturated carbocycles. The van der Waals surface area contributed by atoms with Crippen LogP contribution in [0.1, 0.15) is 32.4 Å². The van der Waals surface area contributed by atoms with E-state index in [9.17, 15) is 9.59 Å². The maximum Gasteiger partial charge on any atom is 0.337 e. The van der Waals surface area contributed by atoms with Crippen LogP contribution >= 0.6 is 11.6 Å². The Morgan fingerprint density at radius 1 is 1.21 bits per heavy atom. The van der Waals surface area contributed by atoms with E-state index < -0.39 is 11.9 Å². The molecule has 3 aromatic rings. The smallest absolute Gasteiger partial charge is 0.337 e. The molecule has 0 spiro atoms. The SMILES string of the molecule is COC(=O)c1ccc(Cl)c(NC(=O)c2ccccc2OCc2noc(C)n2)c1. The number of hydrogen-bond donors (Lipinski definition) is 1. The van der Waals surface area contributed by atoms with Crippen LogP contribution in [0.4, 0.5) is 5.69 Å². The number of methoxy groups -OCH3 is 1. The third-order valence-corrected chi connectivity index (χ3v) is 4.02. The summed E-state index contributed by atoms with van der Waals surface area (Å²) in [6.07, 6.45) is 0. The lowest BCUT2D eigenvalue weighted by molar-refractivity contribution is 0.0600. The number of halogens is 1. The van der Waals surface area contributed by atoms with Gasteiger partial charge in [0.2, 0.25) is 11.7 Å². The molecule has 2 aromatic carbocycles. The summed E-state index contributed by atoms with van der Waals surface area (Å²) in [7, 11) is 1.27. The maximum absolute atomic E-state index is 12.7. The number of ether oxygens (including phenoxy) is 2. The van der Waals surface area contributed by atoms with Crippen molar-refractivity contribution in [3.63, 3.8) is 0 Å². The van der Waals surface area contributed by atoms with Crippen molar-refractivity contribution < 1.29 is 23.6 Å². The minimum Gasteiger partial charge on any atom is -0.485 e. The predicted molar refractivity (Wildman–Crippen MR) is 101 cm³/mol. The van der Waals surface area contributed by atoms with Crippen molar-refractivity contribution in [1.82, 2.24) is 10.1 Å². The Balaban J connectivity index is 1.79. The van der Waals surface area contributed by atoms with Crippen LogP contribution in [0.2, 0.25) is 5.02 Å². The molecular formula is C19H16ClN3O5. The quantitative estimate of drug-likeness (QED) is 0.628. The first-order valence-electron chi connectivity index (χ1n) is 8.18. The van der Waals surface area contributed by atoms with Gasteiger partial charge in [-0.05, 0) is 30.3 Å². The molecule has 1 heterocycles. The summed E-state index contributed by atoms with van der Waals surface area (Å²) in [5.74, 6) is 0.129. The van der Waals surface area contributed by atoms with Crippen LogP contribution in [0.3, 0.4) is 0 Å². The number of carbonyl (C=O) groups excluding carboxylic acids is 2. The normalized spacial score (nSPS) is 10.4. The van der Waals surface area contributed by atoms with Gasteiger partial charge in [0, 0.05) is 6.92 Å². The van der Waals surface area contributed by atoms with Gasteiger partial charge in [-0.1, -0.05) is 28.9 Å². The highest BCUT2D eigenvalue weighted by molar-refractivity contribution is 6.34. The Morgan fingerprint density at radius 3 is 2.71 bits per heavy atom. The molecule has 0 atom stereocenters. The van der Waals surface area contributed by atoms with Crippen molar-refractivity contribution in [1.29, 1.82) is 0 Å². The van der Waals surface area contributed by atoms with Gasteiger partial charge in [0.25, 0.3) is 5.91 Å². The minimum absolute atomic E-state index is 0.0419. The van der Waals surface area contributed by atoms with Gasteiger partial charge < -0.3 is 19.3 Å². The van der Waals surface area contributed by atoms with Crippen LogP contribution in [-0.4, -0.2) is 29.1 Å². The second-order valence-electron chi connectivity index (χ2n) is 5.65. The number of amides is 1. The highest BCUT2D eigenvalue weighted by Crippen LogP contribution is 2.26. The molecule has 0 fully saturated rings. The molecule has 0 unspecified atom stereocenters. The number of aryl methyl sites for hydroxylation is 1. The van der Waals surface area contributed by atoms with E-state index in [1.165, 1.54) is 25.3 Å². The van der Waals surface area contributed by atoms with E-state index in [1.54, 1.807) is 31.2 Å². The summed E-state index contributed by atoms with van der Waals surface area (Å²) in [5.41, 5.74) is 0.819. The number of rotatable bonds is 6. The third-order valence-electron chi connectivity index (χ3n) is 3.69. The molecule has 0 aliphatic carbocycles. The second kappa shape index (κ2) is 8.53. The zero-order valence-electron chi connectivity index (χ0n) is 15.1. The van der Waals surface area contributed by atoms with Gasteiger partial charge in [-0.3, -0.25) is 4.79 Å². The van der Waals surface area contributed by atoms with Crippen LogP contribution in [0.25, 0.3) is 0 Å². The predicted octanol–water partition coefficient (Wildman–Crippen LogP) is 3.65. The van der Waals surface area contributed by atoms with Gasteiger partial charge in [-0.25, -0.2) is 4.79 Å². The summed E-state index contributed by atoms with van der Waals surface area (Å²) in [4.78, 5) is 28.5. The first-order valence-corrected chi connectivity index (χ1v) is 8.56. The highest BCUT2D eigenvalue weighted by Gasteiger charge is 2.16. The van der Waals surface area contributed by atoms with Crippen molar-refractivity contribution in [2.75, 3.05) is 12.4 Å². The fraction of sp³-hybridized carbons (Fsp3) is 0.158. The van der Waals surface area contributed by atoms with Gasteiger partial charge in [0.15, 0.2) is 6.61 Å². The molecule has 28 heavy (non-hydrogen) atoms. The summed E-state index contributed by atoms with van der Waals surface area (Å²) >= 11 is 6.13. The third kappa shape index (κ3) is 4.47. The average Bonchev–Trinajstić information content (AvgIpc) is 3.12. The fourth-order valence-electron chi connectivity index (χ4n) is 2.38. The molecule has 8 nitrogen and oxygen atoms in total. The molecule has 0 radical (unpaired) electrons. The summed E-state index contributed by atoms with van der Waals surface area (Å²) < 4.78 is 15.2. The molecular weight excluding hydrogens is 386 g/mol. The van der Waals surface area contributed by atoms with Crippen molar-refractivity contribution in [2.24, 2.45) is 0 Å². The van der Waals surface area contributed by atoms with E-state index in [-0.39, 0.29) is 28.4 Å². The van der Waals surface area contributed by atoms with Gasteiger partial charge in [0.05, 0.1) is 28.9 Å². The van der Waals surface area contributed by atoms with Crippen LogP contribution in [0.5, 0.6) is 5.75 Å². The number of anilines is 1. The number of benzene rings is 2. The lowest BCUT2D eigenvalue weighted by Crippen LogP contribution is -2.15. The number of carbonyl (C=O) groups is 2. The molecule has 9 heteroatoms. The average molecular weight is 402 g/mol. The van der Waals surface area contributed by atoms with Gasteiger partial charge in [-0.2, -0.15) is 4.98 Å². The first kappa shape index (κ1) is 19.4. The minimum atomic E-state index is -0.536. The lowest BCUT2D eigenvalue weighted by atomic mass is 10.1. The topological polar surface area (TPSA) is 104 Å². The Morgan fingerprint density at radius 2 is 2.00 bits per heavy atom. The van der Waals surface area contributed by atoms with Gasteiger partial charge in [0.1, 0.15) is 5.75 Å². The molecule has 3 rings (SSSR count). The Bertz CT molecular complexity index is 1020. The summed E-state index contributed by atoms with van der Waals surface area (Å²) in [6, 6.07) is 11.1. The van der Waals surface area contributed by atoms with Crippen LogP contribution in [0.15, 0.2) is 47.0 Å². The molecule has 0 aliphatic heterocycles. The number of nitrogens with one attached hydrogen (secondary N) is 1. The summed E-state index contributed by atoms with van der Waals surface area (Å²) in [6.45, 7) is 1.71. The van der Waals surface area contributed by atoms with Crippen LogP contribution in [-0.2, 0) is 11.3 Å². The van der Waals surface area contributed by atoms with Crippen molar-refractivity contribution in [2.45, 2.75) is 13.5 Å². The Labute approximate surface area is 165 Å².